The van der Waals surface area contributed by atoms with Crippen LogP contribution in [0.25, 0.3) is 0 Å². The number of nitrogens with zero attached hydrogens (tertiary/aromatic N) is 3. The van der Waals surface area contributed by atoms with Gasteiger partial charge in [0.1, 0.15) is 5.82 Å². The average molecular weight is 369 g/mol. The Bertz CT molecular complexity index is 817. The van der Waals surface area contributed by atoms with Gasteiger partial charge >= 0.3 is 6.03 Å². The number of hydrogen-bond donors (Lipinski definition) is 0. The number of benzene rings is 2. The van der Waals surface area contributed by atoms with Crippen LogP contribution in [0.1, 0.15) is 21.5 Å². The van der Waals surface area contributed by atoms with Crippen molar-refractivity contribution in [3.63, 3.8) is 0 Å². The first-order valence-electron chi connectivity index (χ1n) is 9.05. The minimum Gasteiger partial charge on any atom is -0.335 e. The Morgan fingerprint density at radius 1 is 1.00 bits per heavy atom. The van der Waals surface area contributed by atoms with Crippen molar-refractivity contribution in [2.45, 2.75) is 13.5 Å². The first kappa shape index (κ1) is 18.9. The Kier molecular flexibility index (Phi) is 5.74. The van der Waals surface area contributed by atoms with Gasteiger partial charge in [0.25, 0.3) is 5.91 Å². The Labute approximate surface area is 159 Å². The molecule has 0 spiro atoms. The van der Waals surface area contributed by atoms with E-state index in [-0.39, 0.29) is 17.8 Å². The smallest absolute Gasteiger partial charge is 0.320 e. The molecule has 3 rings (SSSR count). The van der Waals surface area contributed by atoms with Gasteiger partial charge in [-0.05, 0) is 36.2 Å². The topological polar surface area (TPSA) is 43.9 Å². The fraction of sp³-hybridized carbons (Fsp3) is 0.333. The summed E-state index contributed by atoms with van der Waals surface area (Å²) in [4.78, 5) is 30.5. The molecule has 142 valence electrons. The molecule has 6 heteroatoms. The van der Waals surface area contributed by atoms with Gasteiger partial charge in [0.15, 0.2) is 0 Å². The van der Waals surface area contributed by atoms with Gasteiger partial charge in [-0.15, -0.1) is 0 Å². The molecule has 0 atom stereocenters. The maximum absolute atomic E-state index is 13.3. The van der Waals surface area contributed by atoms with E-state index in [1.54, 1.807) is 28.7 Å². The highest BCUT2D eigenvalue weighted by atomic mass is 19.1. The molecular formula is C21H24FN3O2. The molecule has 1 aliphatic heterocycles. The quantitative estimate of drug-likeness (QED) is 0.834. The van der Waals surface area contributed by atoms with Crippen molar-refractivity contribution in [2.75, 3.05) is 33.2 Å². The predicted molar refractivity (Wildman–Crippen MR) is 102 cm³/mol. The van der Waals surface area contributed by atoms with Crippen molar-refractivity contribution in [2.24, 2.45) is 0 Å². The Balaban J connectivity index is 1.56. The lowest BCUT2D eigenvalue weighted by molar-refractivity contribution is 0.0643. The molecule has 2 aromatic carbocycles. The highest BCUT2D eigenvalue weighted by molar-refractivity contribution is 5.95. The van der Waals surface area contributed by atoms with Gasteiger partial charge in [-0.1, -0.05) is 30.3 Å². The number of carbonyl (C=O) groups excluding carboxylic acids is 2. The number of piperazine rings is 1. The van der Waals surface area contributed by atoms with Crippen LogP contribution in [0, 0.1) is 12.7 Å². The van der Waals surface area contributed by atoms with Crippen molar-refractivity contribution in [1.29, 1.82) is 0 Å². The summed E-state index contributed by atoms with van der Waals surface area (Å²) < 4.78 is 13.3. The van der Waals surface area contributed by atoms with Crippen molar-refractivity contribution in [3.05, 3.63) is 71.0 Å². The van der Waals surface area contributed by atoms with E-state index in [0.717, 1.165) is 5.56 Å². The summed E-state index contributed by atoms with van der Waals surface area (Å²) in [6, 6.07) is 14.0. The van der Waals surface area contributed by atoms with Crippen LogP contribution in [0.2, 0.25) is 0 Å². The molecule has 0 bridgehead atoms. The van der Waals surface area contributed by atoms with E-state index in [0.29, 0.717) is 43.9 Å². The van der Waals surface area contributed by atoms with Gasteiger partial charge < -0.3 is 14.7 Å². The molecule has 2 aromatic rings. The maximum atomic E-state index is 13.3. The van der Waals surface area contributed by atoms with Gasteiger partial charge in [0.2, 0.25) is 0 Å². The molecule has 1 fully saturated rings. The van der Waals surface area contributed by atoms with Gasteiger partial charge in [0, 0.05) is 45.3 Å². The van der Waals surface area contributed by atoms with Crippen molar-refractivity contribution < 1.29 is 14.0 Å². The van der Waals surface area contributed by atoms with Gasteiger partial charge in [-0.25, -0.2) is 9.18 Å². The standard InChI is InChI=1S/C21H24FN3O2/c1-16-14-18(22)8-9-19(16)20(26)24-10-12-25(13-11-24)21(27)23(2)15-17-6-4-3-5-7-17/h3-9,14H,10-13,15H2,1-2H3. The fourth-order valence-corrected chi connectivity index (χ4v) is 3.30. The molecule has 0 aromatic heterocycles. The summed E-state index contributed by atoms with van der Waals surface area (Å²) in [7, 11) is 1.79. The van der Waals surface area contributed by atoms with Crippen LogP contribution in [0.3, 0.4) is 0 Å². The molecular weight excluding hydrogens is 345 g/mol. The minimum absolute atomic E-state index is 0.0380. The highest BCUT2D eigenvalue weighted by Crippen LogP contribution is 2.15. The molecule has 3 amide bonds. The Hall–Kier alpha value is -2.89. The SMILES string of the molecule is Cc1cc(F)ccc1C(=O)N1CCN(C(=O)N(C)Cc2ccccc2)CC1. The second-order valence-corrected chi connectivity index (χ2v) is 6.86. The molecule has 1 heterocycles. The van der Waals surface area contributed by atoms with E-state index in [9.17, 15) is 14.0 Å². The van der Waals surface area contributed by atoms with Gasteiger partial charge in [0.05, 0.1) is 0 Å². The first-order chi connectivity index (χ1) is 13.0. The predicted octanol–water partition coefficient (Wildman–Crippen LogP) is 3.14. The van der Waals surface area contributed by atoms with E-state index >= 15 is 0 Å². The summed E-state index contributed by atoms with van der Waals surface area (Å²) >= 11 is 0. The lowest BCUT2D eigenvalue weighted by atomic mass is 10.1. The molecule has 0 N–H and O–H groups in total. The Morgan fingerprint density at radius 2 is 1.63 bits per heavy atom. The van der Waals surface area contributed by atoms with Crippen LogP contribution in [0.4, 0.5) is 9.18 Å². The zero-order valence-corrected chi connectivity index (χ0v) is 15.7. The normalized spacial score (nSPS) is 14.2. The molecule has 0 aliphatic carbocycles. The average Bonchev–Trinajstić information content (AvgIpc) is 2.68. The summed E-state index contributed by atoms with van der Waals surface area (Å²) in [5, 5.41) is 0. The monoisotopic (exact) mass is 369 g/mol. The van der Waals surface area contributed by atoms with Crippen LogP contribution in [-0.4, -0.2) is 59.9 Å². The lowest BCUT2D eigenvalue weighted by Crippen LogP contribution is -2.53. The summed E-state index contributed by atoms with van der Waals surface area (Å²) in [6.07, 6.45) is 0. The number of aryl methyl sites for hydroxylation is 1. The zero-order chi connectivity index (χ0) is 19.4. The van der Waals surface area contributed by atoms with Crippen LogP contribution in [-0.2, 0) is 6.54 Å². The molecule has 0 saturated carbocycles. The van der Waals surface area contributed by atoms with Crippen LogP contribution < -0.4 is 0 Å². The van der Waals surface area contributed by atoms with Crippen LogP contribution in [0.15, 0.2) is 48.5 Å². The van der Waals surface area contributed by atoms with E-state index in [2.05, 4.69) is 0 Å². The third kappa shape index (κ3) is 4.45. The second kappa shape index (κ2) is 8.20. The van der Waals surface area contributed by atoms with E-state index in [4.69, 9.17) is 0 Å². The first-order valence-corrected chi connectivity index (χ1v) is 9.05. The summed E-state index contributed by atoms with van der Waals surface area (Å²) in [5.41, 5.74) is 2.22. The largest absolute Gasteiger partial charge is 0.335 e. The molecule has 1 saturated heterocycles. The highest BCUT2D eigenvalue weighted by Gasteiger charge is 2.27. The maximum Gasteiger partial charge on any atom is 0.320 e. The lowest BCUT2D eigenvalue weighted by Gasteiger charge is -2.37. The van der Waals surface area contributed by atoms with Crippen molar-refractivity contribution in [1.82, 2.24) is 14.7 Å². The van der Waals surface area contributed by atoms with Crippen molar-refractivity contribution >= 4 is 11.9 Å². The van der Waals surface area contributed by atoms with E-state index < -0.39 is 0 Å². The van der Waals surface area contributed by atoms with Crippen LogP contribution >= 0.6 is 0 Å². The number of rotatable bonds is 3. The zero-order valence-electron chi connectivity index (χ0n) is 15.7. The molecule has 27 heavy (non-hydrogen) atoms. The third-order valence-electron chi connectivity index (χ3n) is 4.85. The summed E-state index contributed by atoms with van der Waals surface area (Å²) in [5.74, 6) is -0.460. The Morgan fingerprint density at radius 3 is 2.26 bits per heavy atom. The number of urea groups is 1. The van der Waals surface area contributed by atoms with Gasteiger partial charge in [-0.3, -0.25) is 4.79 Å². The van der Waals surface area contributed by atoms with E-state index in [1.165, 1.54) is 18.2 Å². The summed E-state index contributed by atoms with van der Waals surface area (Å²) in [6.45, 7) is 4.21. The number of amides is 3. The van der Waals surface area contributed by atoms with E-state index in [1.807, 2.05) is 30.3 Å². The van der Waals surface area contributed by atoms with Crippen molar-refractivity contribution in [3.8, 4) is 0 Å². The number of hydrogen-bond acceptors (Lipinski definition) is 2. The van der Waals surface area contributed by atoms with Gasteiger partial charge in [-0.2, -0.15) is 0 Å². The molecule has 0 unspecified atom stereocenters. The number of halogens is 1. The molecule has 5 nitrogen and oxygen atoms in total. The fourth-order valence-electron chi connectivity index (χ4n) is 3.30. The third-order valence-corrected chi connectivity index (χ3v) is 4.85. The second-order valence-electron chi connectivity index (χ2n) is 6.86. The van der Waals surface area contributed by atoms with Crippen LogP contribution in [0.5, 0.6) is 0 Å². The molecule has 1 aliphatic rings. The number of carbonyl (C=O) groups is 2. The minimum atomic E-state index is -0.346. The molecule has 0 radical (unpaired) electrons.